The molecule has 1 aromatic heterocycles. The monoisotopic (exact) mass is 239 g/mol. The molecule has 1 fully saturated rings. The third-order valence-corrected chi connectivity index (χ3v) is 4.49. The predicted octanol–water partition coefficient (Wildman–Crippen LogP) is 2.20. The van der Waals surface area contributed by atoms with Gasteiger partial charge in [0.25, 0.3) is 0 Å². The fourth-order valence-corrected chi connectivity index (χ4v) is 3.24. The number of piperazine rings is 1. The Morgan fingerprint density at radius 2 is 2.50 bits per heavy atom. The van der Waals surface area contributed by atoms with Crippen LogP contribution in [0.5, 0.6) is 0 Å². The normalized spacial score (nSPS) is 24.6. The molecule has 0 spiro atoms. The molecule has 2 unspecified atom stereocenters. The van der Waals surface area contributed by atoms with Crippen molar-refractivity contribution in [2.45, 2.75) is 39.3 Å². The SMILES string of the molecule is CCC1CNCCN1C(C)c1nc(C)cs1. The van der Waals surface area contributed by atoms with Gasteiger partial charge in [-0.1, -0.05) is 6.92 Å². The van der Waals surface area contributed by atoms with Crippen LogP contribution in [0.2, 0.25) is 0 Å². The van der Waals surface area contributed by atoms with Crippen molar-refractivity contribution < 1.29 is 0 Å². The second kappa shape index (κ2) is 5.25. The standard InChI is InChI=1S/C12H21N3S/c1-4-11-7-13-5-6-15(11)10(3)12-14-9(2)8-16-12/h8,10-11,13H,4-7H2,1-3H3. The van der Waals surface area contributed by atoms with Gasteiger partial charge in [0.2, 0.25) is 0 Å². The van der Waals surface area contributed by atoms with Crippen molar-refractivity contribution in [2.75, 3.05) is 19.6 Å². The lowest BCUT2D eigenvalue weighted by molar-refractivity contribution is 0.111. The maximum absolute atomic E-state index is 4.61. The van der Waals surface area contributed by atoms with Gasteiger partial charge in [0.05, 0.1) is 6.04 Å². The van der Waals surface area contributed by atoms with Crippen molar-refractivity contribution in [1.82, 2.24) is 15.2 Å². The molecule has 1 aliphatic heterocycles. The van der Waals surface area contributed by atoms with E-state index >= 15 is 0 Å². The number of thiazole rings is 1. The fraction of sp³-hybridized carbons (Fsp3) is 0.750. The lowest BCUT2D eigenvalue weighted by atomic mass is 10.1. The largest absolute Gasteiger partial charge is 0.314 e. The minimum atomic E-state index is 0.464. The molecular formula is C12H21N3S. The summed E-state index contributed by atoms with van der Waals surface area (Å²) in [7, 11) is 0. The maximum atomic E-state index is 4.61. The highest BCUT2D eigenvalue weighted by Gasteiger charge is 2.27. The van der Waals surface area contributed by atoms with Crippen LogP contribution in [0.25, 0.3) is 0 Å². The van der Waals surface area contributed by atoms with Crippen LogP contribution < -0.4 is 5.32 Å². The number of nitrogens with zero attached hydrogens (tertiary/aromatic N) is 2. The molecule has 90 valence electrons. The van der Waals surface area contributed by atoms with Crippen LogP contribution in [-0.4, -0.2) is 35.6 Å². The van der Waals surface area contributed by atoms with E-state index in [0.717, 1.165) is 25.3 Å². The van der Waals surface area contributed by atoms with E-state index < -0.39 is 0 Å². The molecule has 0 aromatic carbocycles. The molecule has 2 rings (SSSR count). The predicted molar refractivity (Wildman–Crippen MR) is 68.9 cm³/mol. The van der Waals surface area contributed by atoms with Gasteiger partial charge < -0.3 is 5.32 Å². The highest BCUT2D eigenvalue weighted by molar-refractivity contribution is 7.09. The Hall–Kier alpha value is -0.450. The Morgan fingerprint density at radius 1 is 1.69 bits per heavy atom. The third kappa shape index (κ3) is 2.44. The van der Waals surface area contributed by atoms with E-state index in [1.807, 2.05) is 0 Å². The molecule has 4 heteroatoms. The van der Waals surface area contributed by atoms with E-state index in [4.69, 9.17) is 0 Å². The van der Waals surface area contributed by atoms with Crippen LogP contribution in [-0.2, 0) is 0 Å². The van der Waals surface area contributed by atoms with E-state index in [-0.39, 0.29) is 0 Å². The van der Waals surface area contributed by atoms with E-state index in [0.29, 0.717) is 12.1 Å². The van der Waals surface area contributed by atoms with Gasteiger partial charge in [-0.2, -0.15) is 0 Å². The van der Waals surface area contributed by atoms with E-state index in [2.05, 4.69) is 41.4 Å². The first-order valence-corrected chi connectivity index (χ1v) is 6.98. The molecule has 1 saturated heterocycles. The van der Waals surface area contributed by atoms with E-state index in [1.165, 1.54) is 11.4 Å². The van der Waals surface area contributed by atoms with Crippen molar-refractivity contribution in [3.05, 3.63) is 16.1 Å². The molecule has 2 atom stereocenters. The van der Waals surface area contributed by atoms with Crippen LogP contribution in [0.3, 0.4) is 0 Å². The molecule has 0 bridgehead atoms. The van der Waals surface area contributed by atoms with Crippen molar-refractivity contribution >= 4 is 11.3 Å². The zero-order valence-electron chi connectivity index (χ0n) is 10.4. The Kier molecular flexibility index (Phi) is 3.95. The van der Waals surface area contributed by atoms with E-state index in [9.17, 15) is 0 Å². The van der Waals surface area contributed by atoms with Crippen LogP contribution in [0.4, 0.5) is 0 Å². The number of hydrogen-bond donors (Lipinski definition) is 1. The number of hydrogen-bond acceptors (Lipinski definition) is 4. The molecule has 0 aliphatic carbocycles. The van der Waals surface area contributed by atoms with Gasteiger partial charge in [-0.05, 0) is 20.3 Å². The van der Waals surface area contributed by atoms with Crippen LogP contribution in [0.15, 0.2) is 5.38 Å². The summed E-state index contributed by atoms with van der Waals surface area (Å²) in [5, 5.41) is 6.88. The summed E-state index contributed by atoms with van der Waals surface area (Å²) >= 11 is 1.79. The Morgan fingerprint density at radius 3 is 3.12 bits per heavy atom. The summed E-state index contributed by atoms with van der Waals surface area (Å²) in [5.41, 5.74) is 1.15. The summed E-state index contributed by atoms with van der Waals surface area (Å²) in [6.07, 6.45) is 1.21. The zero-order chi connectivity index (χ0) is 11.5. The second-order valence-corrected chi connectivity index (χ2v) is 5.40. The number of aromatic nitrogens is 1. The fourth-order valence-electron chi connectivity index (χ4n) is 2.37. The highest BCUT2D eigenvalue weighted by atomic mass is 32.1. The molecule has 2 heterocycles. The average Bonchev–Trinajstić information content (AvgIpc) is 2.75. The topological polar surface area (TPSA) is 28.2 Å². The first-order valence-electron chi connectivity index (χ1n) is 6.11. The van der Waals surface area contributed by atoms with Gasteiger partial charge in [0.15, 0.2) is 0 Å². The first-order chi connectivity index (χ1) is 7.72. The van der Waals surface area contributed by atoms with Gasteiger partial charge in [0, 0.05) is 36.8 Å². The smallest absolute Gasteiger partial charge is 0.110 e. The van der Waals surface area contributed by atoms with Crippen LogP contribution in [0.1, 0.15) is 37.0 Å². The molecular weight excluding hydrogens is 218 g/mol. The summed E-state index contributed by atoms with van der Waals surface area (Å²) in [5.74, 6) is 0. The van der Waals surface area contributed by atoms with E-state index in [1.54, 1.807) is 11.3 Å². The second-order valence-electron chi connectivity index (χ2n) is 4.51. The molecule has 0 radical (unpaired) electrons. The molecule has 0 amide bonds. The quantitative estimate of drug-likeness (QED) is 0.876. The number of aryl methyl sites for hydroxylation is 1. The summed E-state index contributed by atoms with van der Waals surface area (Å²) in [6, 6.07) is 1.12. The van der Waals surface area contributed by atoms with Crippen LogP contribution in [0, 0.1) is 6.92 Å². The minimum Gasteiger partial charge on any atom is -0.314 e. The molecule has 16 heavy (non-hydrogen) atoms. The summed E-state index contributed by atoms with van der Waals surface area (Å²) in [4.78, 5) is 7.20. The molecule has 1 N–H and O–H groups in total. The Balaban J connectivity index is 2.10. The molecule has 1 aromatic rings. The van der Waals surface area contributed by atoms with Crippen molar-refractivity contribution in [1.29, 1.82) is 0 Å². The molecule has 3 nitrogen and oxygen atoms in total. The molecule has 0 saturated carbocycles. The summed E-state index contributed by atoms with van der Waals surface area (Å²) in [6.45, 7) is 9.98. The zero-order valence-corrected chi connectivity index (χ0v) is 11.2. The third-order valence-electron chi connectivity index (χ3n) is 3.36. The molecule has 1 aliphatic rings. The van der Waals surface area contributed by atoms with Crippen molar-refractivity contribution in [2.24, 2.45) is 0 Å². The minimum absolute atomic E-state index is 0.464. The van der Waals surface area contributed by atoms with Gasteiger partial charge in [-0.15, -0.1) is 11.3 Å². The Labute approximate surface area is 102 Å². The van der Waals surface area contributed by atoms with Gasteiger partial charge in [-0.3, -0.25) is 4.90 Å². The lowest BCUT2D eigenvalue weighted by Gasteiger charge is -2.39. The number of rotatable bonds is 3. The van der Waals surface area contributed by atoms with Crippen LogP contribution >= 0.6 is 11.3 Å². The highest BCUT2D eigenvalue weighted by Crippen LogP contribution is 2.26. The van der Waals surface area contributed by atoms with Crippen molar-refractivity contribution in [3.63, 3.8) is 0 Å². The van der Waals surface area contributed by atoms with Gasteiger partial charge >= 0.3 is 0 Å². The summed E-state index contributed by atoms with van der Waals surface area (Å²) < 4.78 is 0. The van der Waals surface area contributed by atoms with Gasteiger partial charge in [0.1, 0.15) is 5.01 Å². The number of nitrogens with one attached hydrogen (secondary N) is 1. The average molecular weight is 239 g/mol. The van der Waals surface area contributed by atoms with Gasteiger partial charge in [-0.25, -0.2) is 4.98 Å². The first kappa shape index (κ1) is 12.0. The Bertz CT molecular complexity index is 337. The maximum Gasteiger partial charge on any atom is 0.110 e. The lowest BCUT2D eigenvalue weighted by Crippen LogP contribution is -2.51. The van der Waals surface area contributed by atoms with Crippen molar-refractivity contribution in [3.8, 4) is 0 Å².